The first-order chi connectivity index (χ1) is 9.15. The zero-order chi connectivity index (χ0) is 13.4. The van der Waals surface area contributed by atoms with Crippen molar-refractivity contribution in [1.82, 2.24) is 10.2 Å². The van der Waals surface area contributed by atoms with Crippen molar-refractivity contribution in [3.05, 3.63) is 28.2 Å². The van der Waals surface area contributed by atoms with Crippen molar-refractivity contribution in [2.45, 2.75) is 13.0 Å². The molecule has 0 bridgehead atoms. The van der Waals surface area contributed by atoms with E-state index in [-0.39, 0.29) is 5.91 Å². The number of carbonyl (C=O) groups is 1. The average molecular weight is 324 g/mol. The van der Waals surface area contributed by atoms with Crippen molar-refractivity contribution in [1.29, 1.82) is 0 Å². The van der Waals surface area contributed by atoms with Gasteiger partial charge in [-0.15, -0.1) is 0 Å². The highest BCUT2D eigenvalue weighted by molar-refractivity contribution is 9.10. The van der Waals surface area contributed by atoms with Gasteiger partial charge in [-0.1, -0.05) is 22.0 Å². The Bertz CT molecular complexity index is 505. The molecule has 1 N–H and O–H groups in total. The van der Waals surface area contributed by atoms with E-state index in [1.54, 1.807) is 0 Å². The van der Waals surface area contributed by atoms with E-state index in [0.29, 0.717) is 12.6 Å². The molecule has 2 saturated heterocycles. The second kappa shape index (κ2) is 5.23. The summed E-state index contributed by atoms with van der Waals surface area (Å²) in [4.78, 5) is 16.5. The molecule has 2 heterocycles. The number of hydrogen-bond acceptors (Lipinski definition) is 3. The zero-order valence-electron chi connectivity index (χ0n) is 11.0. The van der Waals surface area contributed by atoms with Gasteiger partial charge in [-0.3, -0.25) is 9.69 Å². The summed E-state index contributed by atoms with van der Waals surface area (Å²) in [6.45, 7) is 6.30. The van der Waals surface area contributed by atoms with Crippen molar-refractivity contribution in [2.75, 3.05) is 37.6 Å². The number of fused-ring (bicyclic) bond motifs is 1. The number of piperazine rings is 2. The standard InChI is InChI=1S/C14H18BrN3O/c1-10-2-3-11(6-13(10)15)18-8-12-7-16-4-5-17(12)9-14(18)19/h2-3,6,12,16H,4-5,7-9H2,1H3. The van der Waals surface area contributed by atoms with Crippen LogP contribution in [0.1, 0.15) is 5.56 Å². The molecule has 0 spiro atoms. The summed E-state index contributed by atoms with van der Waals surface area (Å²) in [5, 5.41) is 3.40. The molecule has 1 aromatic carbocycles. The normalized spacial score (nSPS) is 24.4. The predicted octanol–water partition coefficient (Wildman–Crippen LogP) is 1.38. The summed E-state index contributed by atoms with van der Waals surface area (Å²) in [6.07, 6.45) is 0. The molecule has 3 rings (SSSR count). The number of rotatable bonds is 1. The van der Waals surface area contributed by atoms with Gasteiger partial charge in [0.1, 0.15) is 0 Å². The van der Waals surface area contributed by atoms with Crippen molar-refractivity contribution in [3.8, 4) is 0 Å². The fraction of sp³-hybridized carbons (Fsp3) is 0.500. The molecule has 0 aromatic heterocycles. The molecule has 1 unspecified atom stereocenters. The van der Waals surface area contributed by atoms with Crippen LogP contribution < -0.4 is 10.2 Å². The van der Waals surface area contributed by atoms with E-state index >= 15 is 0 Å². The molecular weight excluding hydrogens is 306 g/mol. The minimum absolute atomic E-state index is 0.203. The van der Waals surface area contributed by atoms with Gasteiger partial charge in [-0.05, 0) is 24.6 Å². The van der Waals surface area contributed by atoms with E-state index in [4.69, 9.17) is 0 Å². The third kappa shape index (κ3) is 2.55. The van der Waals surface area contributed by atoms with Crippen LogP contribution in [0.15, 0.2) is 22.7 Å². The number of benzene rings is 1. The van der Waals surface area contributed by atoms with Crippen LogP contribution in [0.25, 0.3) is 0 Å². The zero-order valence-corrected chi connectivity index (χ0v) is 12.6. The number of nitrogens with one attached hydrogen (secondary N) is 1. The summed E-state index contributed by atoms with van der Waals surface area (Å²) in [7, 11) is 0. The number of carbonyl (C=O) groups excluding carboxylic acids is 1. The van der Waals surface area contributed by atoms with Gasteiger partial charge in [0.15, 0.2) is 0 Å². The first kappa shape index (κ1) is 13.1. The number of amides is 1. The lowest BCUT2D eigenvalue weighted by Gasteiger charge is -2.43. The molecule has 19 heavy (non-hydrogen) atoms. The molecule has 4 nitrogen and oxygen atoms in total. The van der Waals surface area contributed by atoms with Crippen LogP contribution in [0.4, 0.5) is 5.69 Å². The maximum atomic E-state index is 12.3. The quantitative estimate of drug-likeness (QED) is 0.848. The largest absolute Gasteiger partial charge is 0.314 e. The van der Waals surface area contributed by atoms with Gasteiger partial charge in [0.05, 0.1) is 6.54 Å². The van der Waals surface area contributed by atoms with Crippen LogP contribution in [0, 0.1) is 6.92 Å². The van der Waals surface area contributed by atoms with E-state index in [1.165, 1.54) is 5.56 Å². The van der Waals surface area contributed by atoms with E-state index < -0.39 is 0 Å². The van der Waals surface area contributed by atoms with Gasteiger partial charge in [-0.25, -0.2) is 0 Å². The second-order valence-electron chi connectivity index (χ2n) is 5.27. The van der Waals surface area contributed by atoms with Crippen molar-refractivity contribution in [2.24, 2.45) is 0 Å². The fourth-order valence-electron chi connectivity index (χ4n) is 2.76. The van der Waals surface area contributed by atoms with Gasteiger partial charge >= 0.3 is 0 Å². The van der Waals surface area contributed by atoms with Crippen LogP contribution in [0.5, 0.6) is 0 Å². The molecule has 0 aliphatic carbocycles. The van der Waals surface area contributed by atoms with E-state index in [9.17, 15) is 4.79 Å². The molecule has 5 heteroatoms. The fourth-order valence-corrected chi connectivity index (χ4v) is 3.13. The molecule has 1 amide bonds. The summed E-state index contributed by atoms with van der Waals surface area (Å²) in [6, 6.07) is 6.56. The monoisotopic (exact) mass is 323 g/mol. The predicted molar refractivity (Wildman–Crippen MR) is 79.5 cm³/mol. The third-order valence-electron chi connectivity index (χ3n) is 3.97. The SMILES string of the molecule is Cc1ccc(N2CC3CNCCN3CC2=O)cc1Br. The Balaban J connectivity index is 1.83. The Kier molecular flexibility index (Phi) is 3.60. The van der Waals surface area contributed by atoms with Crippen molar-refractivity contribution in [3.63, 3.8) is 0 Å². The summed E-state index contributed by atoms with van der Waals surface area (Å²) >= 11 is 3.54. The summed E-state index contributed by atoms with van der Waals surface area (Å²) in [5.41, 5.74) is 2.18. The first-order valence-electron chi connectivity index (χ1n) is 6.66. The molecule has 1 atom stereocenters. The average Bonchev–Trinajstić information content (AvgIpc) is 2.41. The molecule has 2 aliphatic heterocycles. The number of aryl methyl sites for hydroxylation is 1. The smallest absolute Gasteiger partial charge is 0.241 e. The number of halogens is 1. The highest BCUT2D eigenvalue weighted by Crippen LogP contribution is 2.26. The molecule has 1 aromatic rings. The number of hydrogen-bond donors (Lipinski definition) is 1. The molecular formula is C14H18BrN3O. The minimum Gasteiger partial charge on any atom is -0.314 e. The lowest BCUT2D eigenvalue weighted by atomic mass is 10.1. The van der Waals surface area contributed by atoms with E-state index in [0.717, 1.165) is 36.3 Å². The first-order valence-corrected chi connectivity index (χ1v) is 7.46. The highest BCUT2D eigenvalue weighted by Gasteiger charge is 2.34. The third-order valence-corrected chi connectivity index (χ3v) is 4.83. The van der Waals surface area contributed by atoms with Crippen LogP contribution >= 0.6 is 15.9 Å². The molecule has 0 radical (unpaired) electrons. The molecule has 102 valence electrons. The van der Waals surface area contributed by atoms with Gasteiger partial charge < -0.3 is 10.2 Å². The maximum Gasteiger partial charge on any atom is 0.241 e. The Morgan fingerprint density at radius 1 is 1.42 bits per heavy atom. The summed E-state index contributed by atoms with van der Waals surface area (Å²) < 4.78 is 1.06. The molecule has 2 aliphatic rings. The Hall–Kier alpha value is -0.910. The van der Waals surface area contributed by atoms with Gasteiger partial charge in [0.2, 0.25) is 5.91 Å². The van der Waals surface area contributed by atoms with E-state index in [1.807, 2.05) is 17.0 Å². The Morgan fingerprint density at radius 2 is 2.26 bits per heavy atom. The lowest BCUT2D eigenvalue weighted by molar-refractivity contribution is -0.122. The maximum absolute atomic E-state index is 12.3. The molecule has 0 saturated carbocycles. The highest BCUT2D eigenvalue weighted by atomic mass is 79.9. The second-order valence-corrected chi connectivity index (χ2v) is 6.12. The van der Waals surface area contributed by atoms with Gasteiger partial charge in [0, 0.05) is 42.4 Å². The Morgan fingerprint density at radius 3 is 3.05 bits per heavy atom. The van der Waals surface area contributed by atoms with Crippen molar-refractivity contribution < 1.29 is 4.79 Å². The van der Waals surface area contributed by atoms with Gasteiger partial charge in [0.25, 0.3) is 0 Å². The minimum atomic E-state index is 0.203. The number of anilines is 1. The van der Waals surface area contributed by atoms with Crippen molar-refractivity contribution >= 4 is 27.5 Å². The summed E-state index contributed by atoms with van der Waals surface area (Å²) in [5.74, 6) is 0.203. The van der Waals surface area contributed by atoms with Crippen LogP contribution in [-0.4, -0.2) is 49.6 Å². The van der Waals surface area contributed by atoms with Crippen LogP contribution in [0.3, 0.4) is 0 Å². The van der Waals surface area contributed by atoms with Gasteiger partial charge in [-0.2, -0.15) is 0 Å². The lowest BCUT2D eigenvalue weighted by Crippen LogP contribution is -2.63. The topological polar surface area (TPSA) is 35.6 Å². The number of nitrogens with zero attached hydrogens (tertiary/aromatic N) is 2. The van der Waals surface area contributed by atoms with Crippen LogP contribution in [0.2, 0.25) is 0 Å². The molecule has 2 fully saturated rings. The van der Waals surface area contributed by atoms with Crippen LogP contribution in [-0.2, 0) is 4.79 Å². The Labute approximate surface area is 121 Å². The van der Waals surface area contributed by atoms with E-state index in [2.05, 4.69) is 39.1 Å².